The molecule has 24 heavy (non-hydrogen) atoms. The lowest BCUT2D eigenvalue weighted by Gasteiger charge is -2.04. The number of hydrogen-bond acceptors (Lipinski definition) is 4. The van der Waals surface area contributed by atoms with Crippen LogP contribution in [-0.2, 0) is 0 Å². The third-order valence-electron chi connectivity index (χ3n) is 3.51. The summed E-state index contributed by atoms with van der Waals surface area (Å²) in [4.78, 5) is 24.4. The van der Waals surface area contributed by atoms with Crippen LogP contribution in [0.5, 0.6) is 5.75 Å². The van der Waals surface area contributed by atoms with E-state index in [1.54, 1.807) is 48.5 Å². The molecular formula is C19H13ClO4. The highest BCUT2D eigenvalue weighted by Crippen LogP contribution is 2.24. The predicted molar refractivity (Wildman–Crippen MR) is 93.9 cm³/mol. The molecule has 0 N–H and O–H groups in total. The first-order valence-corrected chi connectivity index (χ1v) is 7.55. The molecule has 4 nitrogen and oxygen atoms in total. The lowest BCUT2D eigenvalue weighted by atomic mass is 10.1. The SMILES string of the molecule is COc1cccc2cc(C(=O)/C=C/c3ccc(Cl)cc3)c(=O)oc12. The summed E-state index contributed by atoms with van der Waals surface area (Å²) in [5.74, 6) is 0.0173. The molecule has 0 atom stereocenters. The molecule has 0 fully saturated rings. The predicted octanol–water partition coefficient (Wildman–Crippen LogP) is 4.35. The summed E-state index contributed by atoms with van der Waals surface area (Å²) in [6.07, 6.45) is 2.95. The number of benzene rings is 2. The molecule has 0 aliphatic heterocycles. The van der Waals surface area contributed by atoms with Gasteiger partial charge in [0.05, 0.1) is 7.11 Å². The third kappa shape index (κ3) is 3.24. The van der Waals surface area contributed by atoms with Gasteiger partial charge in [-0.25, -0.2) is 4.79 Å². The monoisotopic (exact) mass is 340 g/mol. The van der Waals surface area contributed by atoms with Gasteiger partial charge >= 0.3 is 5.63 Å². The van der Waals surface area contributed by atoms with Gasteiger partial charge in [0.1, 0.15) is 5.56 Å². The number of methoxy groups -OCH3 is 1. The van der Waals surface area contributed by atoms with Gasteiger partial charge in [-0.05, 0) is 35.9 Å². The van der Waals surface area contributed by atoms with Crippen molar-refractivity contribution in [3.8, 4) is 5.75 Å². The second-order valence-corrected chi connectivity index (χ2v) is 5.51. The zero-order valence-corrected chi connectivity index (χ0v) is 13.5. The van der Waals surface area contributed by atoms with E-state index < -0.39 is 11.4 Å². The number of hydrogen-bond donors (Lipinski definition) is 0. The molecule has 0 aliphatic rings. The summed E-state index contributed by atoms with van der Waals surface area (Å²) < 4.78 is 10.4. The number of ketones is 1. The molecule has 3 aromatic rings. The molecule has 1 heterocycles. The second-order valence-electron chi connectivity index (χ2n) is 5.08. The van der Waals surface area contributed by atoms with E-state index in [9.17, 15) is 9.59 Å². The van der Waals surface area contributed by atoms with Crippen LogP contribution in [0.15, 0.2) is 63.8 Å². The molecular weight excluding hydrogens is 328 g/mol. The van der Waals surface area contributed by atoms with Crippen LogP contribution in [0.4, 0.5) is 0 Å². The van der Waals surface area contributed by atoms with Crippen molar-refractivity contribution in [3.05, 3.63) is 81.2 Å². The van der Waals surface area contributed by atoms with Crippen molar-refractivity contribution in [2.75, 3.05) is 7.11 Å². The van der Waals surface area contributed by atoms with Gasteiger partial charge in [-0.1, -0.05) is 41.9 Å². The molecule has 3 rings (SSSR count). The second kappa shape index (κ2) is 6.72. The molecule has 1 aromatic heterocycles. The maximum Gasteiger partial charge on any atom is 0.347 e. The number of ether oxygens (including phenoxy) is 1. The van der Waals surface area contributed by atoms with Crippen LogP contribution >= 0.6 is 11.6 Å². The molecule has 120 valence electrons. The summed E-state index contributed by atoms with van der Waals surface area (Å²) in [7, 11) is 1.49. The average Bonchev–Trinajstić information content (AvgIpc) is 2.60. The highest BCUT2D eigenvalue weighted by Gasteiger charge is 2.13. The number of carbonyl (C=O) groups excluding carboxylic acids is 1. The molecule has 0 saturated carbocycles. The molecule has 2 aromatic carbocycles. The van der Waals surface area contributed by atoms with E-state index >= 15 is 0 Å². The summed E-state index contributed by atoms with van der Waals surface area (Å²) in [6.45, 7) is 0. The molecule has 0 spiro atoms. The number of carbonyl (C=O) groups is 1. The van der Waals surface area contributed by atoms with Crippen LogP contribution in [0.25, 0.3) is 17.0 Å². The first-order chi connectivity index (χ1) is 11.6. The van der Waals surface area contributed by atoms with Gasteiger partial charge in [0.25, 0.3) is 0 Å². The molecule has 0 unspecified atom stereocenters. The van der Waals surface area contributed by atoms with Crippen LogP contribution in [0.3, 0.4) is 0 Å². The van der Waals surface area contributed by atoms with Crippen LogP contribution < -0.4 is 10.4 Å². The van der Waals surface area contributed by atoms with E-state index in [0.29, 0.717) is 21.7 Å². The van der Waals surface area contributed by atoms with Gasteiger partial charge in [-0.15, -0.1) is 0 Å². The summed E-state index contributed by atoms with van der Waals surface area (Å²) in [5, 5.41) is 1.24. The van der Waals surface area contributed by atoms with Crippen molar-refractivity contribution in [3.63, 3.8) is 0 Å². The molecule has 0 radical (unpaired) electrons. The average molecular weight is 341 g/mol. The Balaban J connectivity index is 1.96. The van der Waals surface area contributed by atoms with Crippen LogP contribution in [0.2, 0.25) is 5.02 Å². The van der Waals surface area contributed by atoms with Crippen molar-refractivity contribution >= 4 is 34.4 Å². The third-order valence-corrected chi connectivity index (χ3v) is 3.76. The van der Waals surface area contributed by atoms with E-state index in [2.05, 4.69) is 0 Å². The lowest BCUT2D eigenvalue weighted by molar-refractivity contribution is 0.104. The van der Waals surface area contributed by atoms with Crippen molar-refractivity contribution in [2.24, 2.45) is 0 Å². The molecule has 0 aliphatic carbocycles. The first kappa shape index (κ1) is 16.0. The van der Waals surface area contributed by atoms with Crippen molar-refractivity contribution < 1.29 is 13.9 Å². The lowest BCUT2D eigenvalue weighted by Crippen LogP contribution is -2.12. The number of halogens is 1. The Bertz CT molecular complexity index is 984. The molecule has 0 amide bonds. The molecule has 0 bridgehead atoms. The number of rotatable bonds is 4. The Hall–Kier alpha value is -2.85. The molecule has 5 heteroatoms. The van der Waals surface area contributed by atoms with Gasteiger partial charge < -0.3 is 9.15 Å². The zero-order valence-electron chi connectivity index (χ0n) is 12.8. The number of para-hydroxylation sites is 1. The minimum absolute atomic E-state index is 0.0269. The van der Waals surface area contributed by atoms with Gasteiger partial charge in [0.2, 0.25) is 0 Å². The van der Waals surface area contributed by atoms with Gasteiger partial charge in [-0.2, -0.15) is 0 Å². The summed E-state index contributed by atoms with van der Waals surface area (Å²) >= 11 is 5.82. The maximum absolute atomic E-state index is 12.3. The number of allylic oxidation sites excluding steroid dienone is 1. The first-order valence-electron chi connectivity index (χ1n) is 7.17. The minimum atomic E-state index is -0.697. The van der Waals surface area contributed by atoms with E-state index in [0.717, 1.165) is 5.56 Å². The van der Waals surface area contributed by atoms with Crippen LogP contribution in [0, 0.1) is 0 Å². The number of fused-ring (bicyclic) bond motifs is 1. The van der Waals surface area contributed by atoms with E-state index in [1.807, 2.05) is 0 Å². The van der Waals surface area contributed by atoms with Crippen LogP contribution in [-0.4, -0.2) is 12.9 Å². The summed E-state index contributed by atoms with van der Waals surface area (Å²) in [6, 6.07) is 13.7. The minimum Gasteiger partial charge on any atom is -0.493 e. The Morgan fingerprint density at radius 1 is 1.17 bits per heavy atom. The fourth-order valence-electron chi connectivity index (χ4n) is 2.29. The fourth-order valence-corrected chi connectivity index (χ4v) is 2.41. The van der Waals surface area contributed by atoms with Crippen LogP contribution in [0.1, 0.15) is 15.9 Å². The van der Waals surface area contributed by atoms with Gasteiger partial charge in [-0.3, -0.25) is 4.79 Å². The maximum atomic E-state index is 12.3. The van der Waals surface area contributed by atoms with E-state index in [-0.39, 0.29) is 5.56 Å². The quantitative estimate of drug-likeness (QED) is 0.402. The smallest absolute Gasteiger partial charge is 0.347 e. The molecule has 0 saturated heterocycles. The summed E-state index contributed by atoms with van der Waals surface area (Å²) in [5.41, 5.74) is 0.404. The fraction of sp³-hybridized carbons (Fsp3) is 0.0526. The highest BCUT2D eigenvalue weighted by atomic mass is 35.5. The Morgan fingerprint density at radius 3 is 2.62 bits per heavy atom. The van der Waals surface area contributed by atoms with Crippen molar-refractivity contribution in [1.29, 1.82) is 0 Å². The topological polar surface area (TPSA) is 56.5 Å². The van der Waals surface area contributed by atoms with Gasteiger partial charge in [0.15, 0.2) is 17.1 Å². The standard InChI is InChI=1S/C19H13ClO4/c1-23-17-4-2-3-13-11-15(19(22)24-18(13)17)16(21)10-7-12-5-8-14(20)9-6-12/h2-11H,1H3/b10-7+. The zero-order chi connectivity index (χ0) is 17.1. The highest BCUT2D eigenvalue weighted by molar-refractivity contribution is 6.30. The van der Waals surface area contributed by atoms with Crippen molar-refractivity contribution in [2.45, 2.75) is 0 Å². The van der Waals surface area contributed by atoms with E-state index in [1.165, 1.54) is 19.3 Å². The van der Waals surface area contributed by atoms with Crippen molar-refractivity contribution in [1.82, 2.24) is 0 Å². The Labute approximate surface area is 142 Å². The van der Waals surface area contributed by atoms with Gasteiger partial charge in [0, 0.05) is 10.4 Å². The Kier molecular flexibility index (Phi) is 4.49. The Morgan fingerprint density at radius 2 is 1.92 bits per heavy atom. The van der Waals surface area contributed by atoms with E-state index in [4.69, 9.17) is 20.8 Å². The normalized spacial score (nSPS) is 11.1. The largest absolute Gasteiger partial charge is 0.493 e.